The molecule has 0 radical (unpaired) electrons. The summed E-state index contributed by atoms with van der Waals surface area (Å²) in [6.45, 7) is 3.20. The number of hydrogen-bond donors (Lipinski definition) is 0. The van der Waals surface area contributed by atoms with E-state index in [-0.39, 0.29) is 17.5 Å². The van der Waals surface area contributed by atoms with Crippen LogP contribution in [0.1, 0.15) is 25.7 Å². The van der Waals surface area contributed by atoms with Crippen LogP contribution in [0.2, 0.25) is 0 Å². The van der Waals surface area contributed by atoms with Gasteiger partial charge in [-0.2, -0.15) is 0 Å². The predicted molar refractivity (Wildman–Crippen MR) is 82.1 cm³/mol. The lowest BCUT2D eigenvalue weighted by Crippen LogP contribution is -2.56. The van der Waals surface area contributed by atoms with E-state index < -0.39 is 0 Å². The topological polar surface area (TPSA) is 47.1 Å². The van der Waals surface area contributed by atoms with Gasteiger partial charge in [0.05, 0.1) is 0 Å². The van der Waals surface area contributed by atoms with Crippen LogP contribution >= 0.6 is 0 Å². The largest absolute Gasteiger partial charge is 0.336 e. The molecule has 0 atom stereocenters. The van der Waals surface area contributed by atoms with Crippen molar-refractivity contribution in [2.75, 3.05) is 54.4 Å². The summed E-state index contributed by atoms with van der Waals surface area (Å²) in [5.74, 6) is 0.282. The summed E-state index contributed by atoms with van der Waals surface area (Å²) in [6, 6.07) is 0.0778. The molecule has 0 aromatic carbocycles. The van der Waals surface area contributed by atoms with Gasteiger partial charge in [-0.05, 0) is 33.4 Å². The first-order chi connectivity index (χ1) is 9.85. The smallest absolute Gasteiger partial charge is 0.319 e. The van der Waals surface area contributed by atoms with Crippen molar-refractivity contribution in [1.29, 1.82) is 0 Å². The van der Waals surface area contributed by atoms with Crippen molar-refractivity contribution >= 4 is 11.9 Å². The molecule has 2 rings (SSSR count). The van der Waals surface area contributed by atoms with E-state index in [1.165, 1.54) is 0 Å². The first-order valence-corrected chi connectivity index (χ1v) is 7.77. The minimum Gasteiger partial charge on any atom is -0.336 e. The minimum atomic E-state index is -0.00378. The Morgan fingerprint density at radius 1 is 1.14 bits per heavy atom. The Hall–Kier alpha value is -1.30. The van der Waals surface area contributed by atoms with E-state index in [9.17, 15) is 9.59 Å². The van der Waals surface area contributed by atoms with Crippen LogP contribution in [-0.2, 0) is 4.79 Å². The lowest BCUT2D eigenvalue weighted by Gasteiger charge is -2.45. The Morgan fingerprint density at radius 3 is 2.29 bits per heavy atom. The zero-order valence-electron chi connectivity index (χ0n) is 13.8. The fraction of sp³-hybridized carbons (Fsp3) is 0.867. The van der Waals surface area contributed by atoms with Crippen molar-refractivity contribution in [3.63, 3.8) is 0 Å². The quantitative estimate of drug-likeness (QED) is 0.770. The Balaban J connectivity index is 1.99. The average molecular weight is 296 g/mol. The van der Waals surface area contributed by atoms with Gasteiger partial charge < -0.3 is 19.6 Å². The summed E-state index contributed by atoms with van der Waals surface area (Å²) in [4.78, 5) is 32.0. The normalized spacial score (nSPS) is 21.5. The van der Waals surface area contributed by atoms with Gasteiger partial charge >= 0.3 is 6.03 Å². The van der Waals surface area contributed by atoms with E-state index >= 15 is 0 Å². The van der Waals surface area contributed by atoms with Crippen LogP contribution in [0.25, 0.3) is 0 Å². The number of likely N-dealkylation sites (tertiary alicyclic amines) is 2. The van der Waals surface area contributed by atoms with Gasteiger partial charge in [0.25, 0.3) is 0 Å². The third-order valence-corrected chi connectivity index (χ3v) is 4.80. The molecule has 2 aliphatic rings. The van der Waals surface area contributed by atoms with Crippen LogP contribution < -0.4 is 0 Å². The van der Waals surface area contributed by atoms with Crippen molar-refractivity contribution in [1.82, 2.24) is 19.6 Å². The molecule has 2 heterocycles. The minimum absolute atomic E-state index is 0.00378. The predicted octanol–water partition coefficient (Wildman–Crippen LogP) is 0.687. The molecule has 21 heavy (non-hydrogen) atoms. The van der Waals surface area contributed by atoms with Gasteiger partial charge in [-0.15, -0.1) is 0 Å². The van der Waals surface area contributed by atoms with E-state index in [0.717, 1.165) is 45.4 Å². The van der Waals surface area contributed by atoms with Crippen LogP contribution in [0.3, 0.4) is 0 Å². The maximum atomic E-state index is 12.2. The van der Waals surface area contributed by atoms with Gasteiger partial charge in [-0.1, -0.05) is 0 Å². The van der Waals surface area contributed by atoms with Gasteiger partial charge in [0.1, 0.15) is 0 Å². The molecule has 6 nitrogen and oxygen atoms in total. The first-order valence-electron chi connectivity index (χ1n) is 7.77. The molecule has 0 aromatic heterocycles. The van der Waals surface area contributed by atoms with E-state index in [0.29, 0.717) is 6.42 Å². The number of piperidine rings is 1. The molecule has 2 aliphatic heterocycles. The van der Waals surface area contributed by atoms with Crippen molar-refractivity contribution in [3.8, 4) is 0 Å². The fourth-order valence-electron chi connectivity index (χ4n) is 3.45. The standard InChI is InChI=1S/C15H28N4O2/c1-16(2)11-12-19-13(20)5-6-15(19)7-9-18(10-8-15)14(21)17(3)4/h5-12H2,1-4H3. The Kier molecular flexibility index (Phi) is 4.76. The summed E-state index contributed by atoms with van der Waals surface area (Å²) < 4.78 is 0. The molecular weight excluding hydrogens is 268 g/mol. The van der Waals surface area contributed by atoms with Gasteiger partial charge in [0.2, 0.25) is 5.91 Å². The molecule has 0 saturated carbocycles. The van der Waals surface area contributed by atoms with Crippen LogP contribution in [0.15, 0.2) is 0 Å². The third-order valence-electron chi connectivity index (χ3n) is 4.80. The molecule has 2 saturated heterocycles. The summed E-state index contributed by atoms with van der Waals surface area (Å²) in [6.07, 6.45) is 3.43. The van der Waals surface area contributed by atoms with Gasteiger partial charge in [-0.25, -0.2) is 4.79 Å². The van der Waals surface area contributed by atoms with Crippen LogP contribution in [0, 0.1) is 0 Å². The molecule has 120 valence electrons. The summed E-state index contributed by atoms with van der Waals surface area (Å²) in [7, 11) is 7.64. The Morgan fingerprint density at radius 2 is 1.76 bits per heavy atom. The van der Waals surface area contributed by atoms with Gasteiger partial charge in [0.15, 0.2) is 0 Å². The Labute approximate surface area is 127 Å². The molecule has 0 N–H and O–H groups in total. The highest BCUT2D eigenvalue weighted by Gasteiger charge is 2.47. The summed E-state index contributed by atoms with van der Waals surface area (Å²) >= 11 is 0. The van der Waals surface area contributed by atoms with Crippen molar-refractivity contribution in [2.45, 2.75) is 31.2 Å². The second kappa shape index (κ2) is 6.22. The van der Waals surface area contributed by atoms with Crippen LogP contribution in [0.4, 0.5) is 4.79 Å². The summed E-state index contributed by atoms with van der Waals surface area (Å²) in [5, 5.41) is 0. The lowest BCUT2D eigenvalue weighted by atomic mass is 9.85. The first kappa shape index (κ1) is 16.1. The van der Waals surface area contributed by atoms with E-state index in [1.807, 2.05) is 19.0 Å². The highest BCUT2D eigenvalue weighted by atomic mass is 16.2. The fourth-order valence-corrected chi connectivity index (χ4v) is 3.45. The number of carbonyl (C=O) groups excluding carboxylic acids is 2. The van der Waals surface area contributed by atoms with E-state index in [1.54, 1.807) is 19.0 Å². The Bertz CT molecular complexity index is 400. The average Bonchev–Trinajstić information content (AvgIpc) is 2.73. The van der Waals surface area contributed by atoms with Gasteiger partial charge in [0, 0.05) is 52.2 Å². The van der Waals surface area contributed by atoms with Crippen LogP contribution in [-0.4, -0.2) is 91.4 Å². The number of rotatable bonds is 3. The van der Waals surface area contributed by atoms with E-state index in [4.69, 9.17) is 0 Å². The zero-order valence-corrected chi connectivity index (χ0v) is 13.8. The number of nitrogens with zero attached hydrogens (tertiary/aromatic N) is 4. The maximum absolute atomic E-state index is 12.2. The molecule has 6 heteroatoms. The maximum Gasteiger partial charge on any atom is 0.319 e. The second-order valence-corrected chi connectivity index (χ2v) is 6.74. The highest BCUT2D eigenvalue weighted by Crippen LogP contribution is 2.39. The molecule has 1 spiro atoms. The van der Waals surface area contributed by atoms with Crippen LogP contribution in [0.5, 0.6) is 0 Å². The molecule has 0 unspecified atom stereocenters. The molecule has 0 aromatic rings. The van der Waals surface area contributed by atoms with E-state index in [2.05, 4.69) is 9.80 Å². The molecule has 0 bridgehead atoms. The second-order valence-electron chi connectivity index (χ2n) is 6.74. The number of carbonyl (C=O) groups is 2. The monoisotopic (exact) mass is 296 g/mol. The van der Waals surface area contributed by atoms with Crippen molar-refractivity contribution in [3.05, 3.63) is 0 Å². The third kappa shape index (κ3) is 3.31. The zero-order chi connectivity index (χ0) is 15.6. The number of hydrogen-bond acceptors (Lipinski definition) is 3. The van der Waals surface area contributed by atoms with Crippen molar-refractivity contribution in [2.24, 2.45) is 0 Å². The lowest BCUT2D eigenvalue weighted by molar-refractivity contribution is -0.132. The number of amides is 3. The SMILES string of the molecule is CN(C)CCN1C(=O)CCC12CCN(C(=O)N(C)C)CC2. The number of likely N-dealkylation sites (N-methyl/N-ethyl adjacent to an activating group) is 1. The molecule has 2 fully saturated rings. The molecular formula is C15H28N4O2. The number of urea groups is 1. The molecule has 3 amide bonds. The summed E-state index contributed by atoms with van der Waals surface area (Å²) in [5.41, 5.74) is -0.00378. The van der Waals surface area contributed by atoms with Crippen molar-refractivity contribution < 1.29 is 9.59 Å². The molecule has 0 aliphatic carbocycles. The van der Waals surface area contributed by atoms with Gasteiger partial charge in [-0.3, -0.25) is 4.79 Å². The highest BCUT2D eigenvalue weighted by molar-refractivity contribution is 5.80.